The van der Waals surface area contributed by atoms with E-state index in [0.29, 0.717) is 5.25 Å². The van der Waals surface area contributed by atoms with E-state index in [1.165, 1.54) is 41.5 Å². The van der Waals surface area contributed by atoms with Gasteiger partial charge in [0.2, 0.25) is 0 Å². The van der Waals surface area contributed by atoms with Gasteiger partial charge in [-0.25, -0.2) is 0 Å². The highest BCUT2D eigenvalue weighted by Gasteiger charge is 2.23. The zero-order chi connectivity index (χ0) is 17.8. The van der Waals surface area contributed by atoms with Crippen LogP contribution in [0.1, 0.15) is 66.2 Å². The molecule has 2 atom stereocenters. The highest BCUT2D eigenvalue weighted by Crippen LogP contribution is 2.44. The topological polar surface area (TPSA) is 9.23 Å². The molecule has 0 saturated carbocycles. The molecule has 1 fully saturated rings. The molecule has 0 bridgehead atoms. The van der Waals surface area contributed by atoms with Gasteiger partial charge in [0, 0.05) is 10.5 Å². The third kappa shape index (κ3) is 4.61. The average Bonchev–Trinajstić information content (AvgIpc) is 2.59. The van der Waals surface area contributed by atoms with Gasteiger partial charge < -0.3 is 4.74 Å². The Morgan fingerprint density at radius 1 is 1.04 bits per heavy atom. The van der Waals surface area contributed by atoms with Crippen LogP contribution in [0.2, 0.25) is 0 Å². The maximum absolute atomic E-state index is 5.56. The lowest BCUT2D eigenvalue weighted by atomic mass is 9.92. The van der Waals surface area contributed by atoms with E-state index < -0.39 is 0 Å². The molecule has 1 saturated heterocycles. The third-order valence-electron chi connectivity index (χ3n) is 5.17. The Balaban J connectivity index is 1.82. The van der Waals surface area contributed by atoms with Crippen molar-refractivity contribution in [3.8, 4) is 5.75 Å². The Morgan fingerprint density at radius 2 is 1.80 bits per heavy atom. The summed E-state index contributed by atoms with van der Waals surface area (Å²) in [5.41, 5.74) is 7.24. The number of hydrogen-bond acceptors (Lipinski definition) is 2. The second kappa shape index (κ2) is 8.31. The summed E-state index contributed by atoms with van der Waals surface area (Å²) in [5, 5.41) is 1.46. The molecule has 1 nitrogen and oxygen atoms in total. The van der Waals surface area contributed by atoms with Crippen molar-refractivity contribution in [2.75, 3.05) is 6.61 Å². The Bertz CT molecular complexity index is 705. The lowest BCUT2D eigenvalue weighted by molar-refractivity contribution is 0.340. The van der Waals surface area contributed by atoms with Gasteiger partial charge >= 0.3 is 0 Å². The first-order valence-electron chi connectivity index (χ1n) is 9.54. The molecule has 25 heavy (non-hydrogen) atoms. The van der Waals surface area contributed by atoms with E-state index in [0.717, 1.165) is 24.0 Å². The Labute approximate surface area is 157 Å². The molecule has 0 aromatic heterocycles. The molecule has 0 aliphatic carbocycles. The summed E-state index contributed by atoms with van der Waals surface area (Å²) < 4.78 is 5.56. The standard InChI is InChI=1S/C23H30OS/c1-5-24-21-11-9-19(10-12-21)14-20-15-22(17(3)13-16(20)2)23-8-6-7-18(4)25-23/h9-13,15,18,23H,5-8,14H2,1-4H3. The number of hydrogen-bond donors (Lipinski definition) is 0. The summed E-state index contributed by atoms with van der Waals surface area (Å²) in [7, 11) is 0. The predicted octanol–water partition coefficient (Wildman–Crippen LogP) is 6.64. The molecule has 134 valence electrons. The molecule has 3 rings (SSSR count). The van der Waals surface area contributed by atoms with Crippen LogP contribution in [0.25, 0.3) is 0 Å². The number of aryl methyl sites for hydroxylation is 2. The molecule has 1 aliphatic rings. The fourth-order valence-corrected chi connectivity index (χ4v) is 5.35. The fraction of sp³-hybridized carbons (Fsp3) is 0.478. The van der Waals surface area contributed by atoms with Gasteiger partial charge in [-0.2, -0.15) is 11.8 Å². The summed E-state index contributed by atoms with van der Waals surface area (Å²) in [6.45, 7) is 9.65. The predicted molar refractivity (Wildman–Crippen MR) is 110 cm³/mol. The monoisotopic (exact) mass is 354 g/mol. The highest BCUT2D eigenvalue weighted by atomic mass is 32.2. The molecule has 2 unspecified atom stereocenters. The van der Waals surface area contributed by atoms with Crippen molar-refractivity contribution >= 4 is 11.8 Å². The van der Waals surface area contributed by atoms with Crippen LogP contribution < -0.4 is 4.74 Å². The minimum absolute atomic E-state index is 0.670. The van der Waals surface area contributed by atoms with Crippen molar-refractivity contribution in [1.29, 1.82) is 0 Å². The largest absolute Gasteiger partial charge is 0.494 e. The Morgan fingerprint density at radius 3 is 2.48 bits per heavy atom. The van der Waals surface area contributed by atoms with Gasteiger partial charge in [0.1, 0.15) is 5.75 Å². The van der Waals surface area contributed by atoms with Crippen LogP contribution in [0, 0.1) is 13.8 Å². The SMILES string of the molecule is CCOc1ccc(Cc2cc(C3CCCC(C)S3)c(C)cc2C)cc1. The molecule has 1 heterocycles. The number of thioether (sulfide) groups is 1. The first-order valence-corrected chi connectivity index (χ1v) is 10.5. The third-order valence-corrected chi connectivity index (χ3v) is 6.69. The summed E-state index contributed by atoms with van der Waals surface area (Å²) in [6.07, 6.45) is 5.05. The zero-order valence-electron chi connectivity index (χ0n) is 16.0. The van der Waals surface area contributed by atoms with E-state index >= 15 is 0 Å². The number of ether oxygens (including phenoxy) is 1. The van der Waals surface area contributed by atoms with E-state index in [1.807, 2.05) is 6.92 Å². The first-order chi connectivity index (χ1) is 12.1. The molecule has 0 radical (unpaired) electrons. The van der Waals surface area contributed by atoms with Crippen molar-refractivity contribution < 1.29 is 4.74 Å². The van der Waals surface area contributed by atoms with Crippen LogP contribution in [-0.4, -0.2) is 11.9 Å². The van der Waals surface area contributed by atoms with Crippen LogP contribution in [-0.2, 0) is 6.42 Å². The van der Waals surface area contributed by atoms with Crippen molar-refractivity contribution in [2.45, 2.75) is 63.9 Å². The lowest BCUT2D eigenvalue weighted by Crippen LogP contribution is -2.11. The molecule has 2 heteroatoms. The fourth-order valence-electron chi connectivity index (χ4n) is 3.78. The molecule has 0 N–H and O–H groups in total. The smallest absolute Gasteiger partial charge is 0.119 e. The second-order valence-electron chi connectivity index (χ2n) is 7.26. The van der Waals surface area contributed by atoms with Crippen LogP contribution in [0.15, 0.2) is 36.4 Å². The molecule has 0 spiro atoms. The quantitative estimate of drug-likeness (QED) is 0.595. The first kappa shape index (κ1) is 18.4. The summed E-state index contributed by atoms with van der Waals surface area (Å²) in [6, 6.07) is 13.4. The minimum Gasteiger partial charge on any atom is -0.494 e. The summed E-state index contributed by atoms with van der Waals surface area (Å²) >= 11 is 2.17. The summed E-state index contributed by atoms with van der Waals surface area (Å²) in [4.78, 5) is 0. The minimum atomic E-state index is 0.670. The van der Waals surface area contributed by atoms with E-state index in [-0.39, 0.29) is 0 Å². The van der Waals surface area contributed by atoms with Crippen LogP contribution in [0.4, 0.5) is 0 Å². The molecule has 2 aromatic carbocycles. The van der Waals surface area contributed by atoms with Crippen molar-refractivity contribution in [2.24, 2.45) is 0 Å². The maximum atomic E-state index is 5.56. The van der Waals surface area contributed by atoms with Crippen LogP contribution in [0.3, 0.4) is 0 Å². The van der Waals surface area contributed by atoms with Gasteiger partial charge in [-0.1, -0.05) is 37.6 Å². The van der Waals surface area contributed by atoms with E-state index in [1.54, 1.807) is 5.56 Å². The van der Waals surface area contributed by atoms with Crippen molar-refractivity contribution in [3.63, 3.8) is 0 Å². The molecular weight excluding hydrogens is 324 g/mol. The van der Waals surface area contributed by atoms with Crippen molar-refractivity contribution in [3.05, 3.63) is 64.2 Å². The maximum Gasteiger partial charge on any atom is 0.119 e. The van der Waals surface area contributed by atoms with E-state index in [9.17, 15) is 0 Å². The average molecular weight is 355 g/mol. The molecule has 0 amide bonds. The van der Waals surface area contributed by atoms with Gasteiger partial charge in [0.25, 0.3) is 0 Å². The van der Waals surface area contributed by atoms with Gasteiger partial charge in [0.05, 0.1) is 6.61 Å². The molecule has 2 aromatic rings. The summed E-state index contributed by atoms with van der Waals surface area (Å²) in [5.74, 6) is 0.958. The van der Waals surface area contributed by atoms with E-state index in [2.05, 4.69) is 68.9 Å². The number of rotatable bonds is 5. The van der Waals surface area contributed by atoms with Gasteiger partial charge in [-0.05, 0) is 80.0 Å². The van der Waals surface area contributed by atoms with Gasteiger partial charge in [-0.15, -0.1) is 0 Å². The number of benzene rings is 2. The van der Waals surface area contributed by atoms with Crippen LogP contribution >= 0.6 is 11.8 Å². The molecule has 1 aliphatic heterocycles. The van der Waals surface area contributed by atoms with Gasteiger partial charge in [-0.3, -0.25) is 0 Å². The van der Waals surface area contributed by atoms with Crippen LogP contribution in [0.5, 0.6) is 5.75 Å². The highest BCUT2D eigenvalue weighted by molar-refractivity contribution is 8.00. The van der Waals surface area contributed by atoms with E-state index in [4.69, 9.17) is 4.74 Å². The normalized spacial score (nSPS) is 20.5. The zero-order valence-corrected chi connectivity index (χ0v) is 16.8. The lowest BCUT2D eigenvalue weighted by Gasteiger charge is -2.28. The Kier molecular flexibility index (Phi) is 6.11. The second-order valence-corrected chi connectivity index (χ2v) is 8.90. The van der Waals surface area contributed by atoms with Crippen molar-refractivity contribution in [1.82, 2.24) is 0 Å². The van der Waals surface area contributed by atoms with Gasteiger partial charge in [0.15, 0.2) is 0 Å². The molecular formula is C23H30OS. The Hall–Kier alpha value is -1.41.